The Labute approximate surface area is 163 Å². The Balaban J connectivity index is 2.04. The number of nitrogens with zero attached hydrogens (tertiary/aromatic N) is 1. The molecule has 1 aliphatic heterocycles. The standard InChI is InChI=1S/C21H21NO4S/c1-13(2)27-19-18(14-5-9-16(25-3)10-6-14)20(23)22(21(19)24)15-7-11-17(26-4)12-8-15/h5-13H,1-4H3. The van der Waals surface area contributed by atoms with E-state index in [-0.39, 0.29) is 17.1 Å². The van der Waals surface area contributed by atoms with Crippen LogP contribution in [0.1, 0.15) is 19.4 Å². The van der Waals surface area contributed by atoms with E-state index in [4.69, 9.17) is 9.47 Å². The zero-order valence-corrected chi connectivity index (χ0v) is 16.5. The second kappa shape index (κ2) is 7.88. The summed E-state index contributed by atoms with van der Waals surface area (Å²) < 4.78 is 10.3. The molecular weight excluding hydrogens is 362 g/mol. The van der Waals surface area contributed by atoms with E-state index in [1.165, 1.54) is 16.7 Å². The SMILES string of the molecule is COc1ccc(C2=C(SC(C)C)C(=O)N(c3ccc(OC)cc3)C2=O)cc1. The van der Waals surface area contributed by atoms with E-state index in [1.807, 2.05) is 13.8 Å². The highest BCUT2D eigenvalue weighted by atomic mass is 32.2. The molecule has 2 amide bonds. The van der Waals surface area contributed by atoms with Crippen molar-refractivity contribution in [3.8, 4) is 11.5 Å². The van der Waals surface area contributed by atoms with Crippen LogP contribution < -0.4 is 14.4 Å². The van der Waals surface area contributed by atoms with E-state index in [1.54, 1.807) is 62.8 Å². The molecule has 2 aromatic rings. The van der Waals surface area contributed by atoms with Crippen LogP contribution >= 0.6 is 11.8 Å². The molecule has 5 nitrogen and oxygen atoms in total. The number of methoxy groups -OCH3 is 2. The largest absolute Gasteiger partial charge is 0.497 e. The second-order valence-corrected chi connectivity index (χ2v) is 7.83. The minimum absolute atomic E-state index is 0.167. The lowest BCUT2D eigenvalue weighted by atomic mass is 10.1. The highest BCUT2D eigenvalue weighted by molar-refractivity contribution is 8.04. The van der Waals surface area contributed by atoms with Crippen molar-refractivity contribution in [1.29, 1.82) is 0 Å². The van der Waals surface area contributed by atoms with Crippen LogP contribution in [0.25, 0.3) is 5.57 Å². The van der Waals surface area contributed by atoms with Gasteiger partial charge in [-0.3, -0.25) is 9.59 Å². The second-order valence-electron chi connectivity index (χ2n) is 6.24. The zero-order valence-electron chi connectivity index (χ0n) is 15.7. The van der Waals surface area contributed by atoms with Gasteiger partial charge in [0.05, 0.1) is 30.4 Å². The molecule has 0 saturated heterocycles. The number of thioether (sulfide) groups is 1. The molecule has 0 aromatic heterocycles. The summed E-state index contributed by atoms with van der Waals surface area (Å²) in [7, 11) is 3.16. The molecule has 0 unspecified atom stereocenters. The van der Waals surface area contributed by atoms with Crippen molar-refractivity contribution in [2.45, 2.75) is 19.1 Å². The summed E-state index contributed by atoms with van der Waals surface area (Å²) in [5.74, 6) is 0.743. The fraction of sp³-hybridized carbons (Fsp3) is 0.238. The molecule has 0 atom stereocenters. The maximum Gasteiger partial charge on any atom is 0.272 e. The van der Waals surface area contributed by atoms with E-state index in [0.717, 1.165) is 0 Å². The molecule has 1 aliphatic rings. The van der Waals surface area contributed by atoms with Gasteiger partial charge in [0, 0.05) is 5.25 Å². The molecule has 0 bridgehead atoms. The Morgan fingerprint density at radius 1 is 0.815 bits per heavy atom. The Kier molecular flexibility index (Phi) is 5.56. The molecule has 0 aliphatic carbocycles. The first-order chi connectivity index (χ1) is 13.0. The normalized spacial score (nSPS) is 14.3. The van der Waals surface area contributed by atoms with Gasteiger partial charge in [-0.2, -0.15) is 0 Å². The van der Waals surface area contributed by atoms with Crippen molar-refractivity contribution in [2.75, 3.05) is 19.1 Å². The molecule has 2 aromatic carbocycles. The lowest BCUT2D eigenvalue weighted by Gasteiger charge is -2.16. The minimum atomic E-state index is -0.321. The van der Waals surface area contributed by atoms with Crippen LogP contribution in [0.5, 0.6) is 11.5 Å². The monoisotopic (exact) mass is 383 g/mol. The maximum absolute atomic E-state index is 13.2. The van der Waals surface area contributed by atoms with Crippen LogP contribution in [0.15, 0.2) is 53.4 Å². The Hall–Kier alpha value is -2.73. The molecule has 0 spiro atoms. The Morgan fingerprint density at radius 2 is 1.33 bits per heavy atom. The van der Waals surface area contributed by atoms with E-state index in [9.17, 15) is 9.59 Å². The zero-order chi connectivity index (χ0) is 19.6. The average Bonchev–Trinajstić information content (AvgIpc) is 2.91. The molecular formula is C21H21NO4S. The van der Waals surface area contributed by atoms with Crippen LogP contribution in [0.2, 0.25) is 0 Å². The summed E-state index contributed by atoms with van der Waals surface area (Å²) in [5, 5.41) is 0.167. The summed E-state index contributed by atoms with van der Waals surface area (Å²) in [6, 6.07) is 14.1. The third kappa shape index (κ3) is 3.71. The molecule has 0 fully saturated rings. The highest BCUT2D eigenvalue weighted by Crippen LogP contribution is 2.40. The third-order valence-electron chi connectivity index (χ3n) is 4.10. The smallest absolute Gasteiger partial charge is 0.272 e. The number of anilines is 1. The number of amides is 2. The number of carbonyl (C=O) groups is 2. The van der Waals surface area contributed by atoms with Gasteiger partial charge in [0.15, 0.2) is 0 Å². The number of imide groups is 1. The predicted molar refractivity (Wildman–Crippen MR) is 108 cm³/mol. The predicted octanol–water partition coefficient (Wildman–Crippen LogP) is 4.13. The highest BCUT2D eigenvalue weighted by Gasteiger charge is 2.40. The van der Waals surface area contributed by atoms with Gasteiger partial charge in [0.2, 0.25) is 0 Å². The fourth-order valence-corrected chi connectivity index (χ4v) is 3.82. The van der Waals surface area contributed by atoms with E-state index in [0.29, 0.717) is 33.2 Å². The number of carbonyl (C=O) groups excluding carboxylic acids is 2. The topological polar surface area (TPSA) is 55.8 Å². The van der Waals surface area contributed by atoms with Crippen molar-refractivity contribution in [1.82, 2.24) is 0 Å². The van der Waals surface area contributed by atoms with Crippen LogP contribution in [0.3, 0.4) is 0 Å². The lowest BCUT2D eigenvalue weighted by molar-refractivity contribution is -0.119. The molecule has 0 saturated carbocycles. The van der Waals surface area contributed by atoms with Crippen molar-refractivity contribution in [3.05, 3.63) is 59.0 Å². The van der Waals surface area contributed by atoms with Crippen LogP contribution in [0.4, 0.5) is 5.69 Å². The van der Waals surface area contributed by atoms with Gasteiger partial charge in [0.1, 0.15) is 11.5 Å². The number of benzene rings is 2. The van der Waals surface area contributed by atoms with Crippen LogP contribution in [-0.2, 0) is 9.59 Å². The van der Waals surface area contributed by atoms with E-state index >= 15 is 0 Å². The van der Waals surface area contributed by atoms with Crippen molar-refractivity contribution in [3.63, 3.8) is 0 Å². The molecule has 6 heteroatoms. The van der Waals surface area contributed by atoms with Crippen molar-refractivity contribution >= 4 is 34.8 Å². The molecule has 3 rings (SSSR count). The average molecular weight is 383 g/mol. The van der Waals surface area contributed by atoms with Gasteiger partial charge in [-0.05, 0) is 42.0 Å². The lowest BCUT2D eigenvalue weighted by Crippen LogP contribution is -2.31. The molecule has 0 radical (unpaired) electrons. The maximum atomic E-state index is 13.2. The summed E-state index contributed by atoms with van der Waals surface area (Å²) in [4.78, 5) is 28.0. The summed E-state index contributed by atoms with van der Waals surface area (Å²) in [5.41, 5.74) is 1.65. The quantitative estimate of drug-likeness (QED) is 0.702. The molecule has 27 heavy (non-hydrogen) atoms. The molecule has 1 heterocycles. The van der Waals surface area contributed by atoms with Crippen LogP contribution in [-0.4, -0.2) is 31.3 Å². The van der Waals surface area contributed by atoms with E-state index in [2.05, 4.69) is 0 Å². The van der Waals surface area contributed by atoms with Gasteiger partial charge < -0.3 is 9.47 Å². The number of rotatable bonds is 6. The third-order valence-corrected chi connectivity index (χ3v) is 5.19. The summed E-state index contributed by atoms with van der Waals surface area (Å²) >= 11 is 1.40. The van der Waals surface area contributed by atoms with Gasteiger partial charge in [-0.1, -0.05) is 26.0 Å². The first-order valence-corrected chi connectivity index (χ1v) is 9.42. The summed E-state index contributed by atoms with van der Waals surface area (Å²) in [6.07, 6.45) is 0. The van der Waals surface area contributed by atoms with Crippen molar-refractivity contribution < 1.29 is 19.1 Å². The van der Waals surface area contributed by atoms with Gasteiger partial charge in [-0.15, -0.1) is 11.8 Å². The van der Waals surface area contributed by atoms with Gasteiger partial charge in [-0.25, -0.2) is 4.90 Å². The number of ether oxygens (including phenoxy) is 2. The van der Waals surface area contributed by atoms with Crippen LogP contribution in [0, 0.1) is 0 Å². The number of hydrogen-bond donors (Lipinski definition) is 0. The molecule has 0 N–H and O–H groups in total. The van der Waals surface area contributed by atoms with Gasteiger partial charge in [0.25, 0.3) is 11.8 Å². The first kappa shape index (κ1) is 19.0. The molecule has 140 valence electrons. The summed E-state index contributed by atoms with van der Waals surface area (Å²) in [6.45, 7) is 3.99. The van der Waals surface area contributed by atoms with E-state index < -0.39 is 0 Å². The van der Waals surface area contributed by atoms with Crippen molar-refractivity contribution in [2.24, 2.45) is 0 Å². The number of hydrogen-bond acceptors (Lipinski definition) is 5. The Bertz CT molecular complexity index is 885. The van der Waals surface area contributed by atoms with Gasteiger partial charge >= 0.3 is 0 Å². The Morgan fingerprint density at radius 3 is 1.81 bits per heavy atom. The minimum Gasteiger partial charge on any atom is -0.497 e. The fourth-order valence-electron chi connectivity index (χ4n) is 2.83. The first-order valence-electron chi connectivity index (χ1n) is 8.54.